The number of hydrogen-bond donors (Lipinski definition) is 2. The lowest BCUT2D eigenvalue weighted by Crippen LogP contribution is -2.14. The second kappa shape index (κ2) is 3.11. The van der Waals surface area contributed by atoms with E-state index in [1.807, 2.05) is 12.1 Å². The fourth-order valence-electron chi connectivity index (χ4n) is 1.85. The van der Waals surface area contributed by atoms with Crippen LogP contribution < -0.4 is 0 Å². The van der Waals surface area contributed by atoms with Gasteiger partial charge in [-0.3, -0.25) is 0 Å². The van der Waals surface area contributed by atoms with E-state index in [9.17, 15) is 5.11 Å². The third-order valence-electron chi connectivity index (χ3n) is 3.01. The molecule has 0 saturated carbocycles. The Labute approximate surface area is 89.9 Å². The molecule has 0 unspecified atom stereocenters. The number of aromatic amines is 1. The van der Waals surface area contributed by atoms with Crippen molar-refractivity contribution in [3.63, 3.8) is 0 Å². The van der Waals surface area contributed by atoms with Gasteiger partial charge < -0.3 is 10.1 Å². The van der Waals surface area contributed by atoms with Gasteiger partial charge in [0, 0.05) is 16.6 Å². The van der Waals surface area contributed by atoms with Gasteiger partial charge in [0.05, 0.1) is 5.60 Å². The Morgan fingerprint density at radius 2 is 1.87 bits per heavy atom. The predicted octanol–water partition coefficient (Wildman–Crippen LogP) is 3.01. The Hall–Kier alpha value is -1.28. The number of H-pyrrole nitrogens is 1. The molecule has 0 radical (unpaired) electrons. The number of fused-ring (bicyclic) bond motifs is 1. The van der Waals surface area contributed by atoms with Gasteiger partial charge in [0.15, 0.2) is 0 Å². The van der Waals surface area contributed by atoms with Crippen LogP contribution in [0.4, 0.5) is 0 Å². The summed E-state index contributed by atoms with van der Waals surface area (Å²) >= 11 is 0. The third-order valence-corrected chi connectivity index (χ3v) is 3.01. The van der Waals surface area contributed by atoms with Gasteiger partial charge in [-0.05, 0) is 44.9 Å². The van der Waals surface area contributed by atoms with Gasteiger partial charge >= 0.3 is 0 Å². The fraction of sp³-hybridized carbons (Fsp3) is 0.385. The Bertz CT molecular complexity index is 503. The molecule has 0 atom stereocenters. The Kier molecular flexibility index (Phi) is 2.12. The van der Waals surface area contributed by atoms with Crippen LogP contribution >= 0.6 is 0 Å². The van der Waals surface area contributed by atoms with E-state index in [2.05, 4.69) is 24.9 Å². The first-order valence-corrected chi connectivity index (χ1v) is 5.21. The van der Waals surface area contributed by atoms with Crippen LogP contribution in [0.25, 0.3) is 10.9 Å². The first kappa shape index (κ1) is 10.2. The van der Waals surface area contributed by atoms with E-state index in [0.717, 1.165) is 11.1 Å². The number of aryl methyl sites for hydroxylation is 2. The van der Waals surface area contributed by atoms with Crippen molar-refractivity contribution in [3.05, 3.63) is 35.0 Å². The molecule has 2 nitrogen and oxygen atoms in total. The molecule has 0 aliphatic carbocycles. The molecule has 2 N–H and O–H groups in total. The minimum Gasteiger partial charge on any atom is -0.386 e. The van der Waals surface area contributed by atoms with Crippen LogP contribution in [0.1, 0.15) is 30.7 Å². The SMILES string of the molecule is Cc1[nH]c2cc(C(C)(C)O)ccc2c1C. The lowest BCUT2D eigenvalue weighted by atomic mass is 9.97. The monoisotopic (exact) mass is 203 g/mol. The molecule has 0 saturated heterocycles. The molecule has 0 amide bonds. The van der Waals surface area contributed by atoms with Gasteiger partial charge in [0.1, 0.15) is 0 Å². The molecule has 15 heavy (non-hydrogen) atoms. The maximum Gasteiger partial charge on any atom is 0.0841 e. The zero-order valence-electron chi connectivity index (χ0n) is 9.68. The zero-order valence-corrected chi connectivity index (χ0v) is 9.68. The predicted molar refractivity (Wildman–Crippen MR) is 63.0 cm³/mol. The number of aliphatic hydroxyl groups is 1. The van der Waals surface area contributed by atoms with Gasteiger partial charge in [-0.15, -0.1) is 0 Å². The highest BCUT2D eigenvalue weighted by Gasteiger charge is 2.16. The van der Waals surface area contributed by atoms with Gasteiger partial charge in [0.25, 0.3) is 0 Å². The summed E-state index contributed by atoms with van der Waals surface area (Å²) in [6.07, 6.45) is 0. The number of hydrogen-bond acceptors (Lipinski definition) is 1. The summed E-state index contributed by atoms with van der Waals surface area (Å²) in [6.45, 7) is 7.78. The second-order valence-electron chi connectivity index (χ2n) is 4.69. The van der Waals surface area contributed by atoms with Crippen molar-refractivity contribution in [2.45, 2.75) is 33.3 Å². The number of rotatable bonds is 1. The zero-order chi connectivity index (χ0) is 11.2. The molecule has 1 aromatic heterocycles. The van der Waals surface area contributed by atoms with Gasteiger partial charge in [-0.25, -0.2) is 0 Å². The minimum absolute atomic E-state index is 0.777. The van der Waals surface area contributed by atoms with Crippen LogP contribution in [0.2, 0.25) is 0 Å². The first-order chi connectivity index (χ1) is 6.89. The summed E-state index contributed by atoms with van der Waals surface area (Å²) in [7, 11) is 0. The Balaban J connectivity index is 2.67. The maximum atomic E-state index is 9.91. The van der Waals surface area contributed by atoms with Crippen molar-refractivity contribution >= 4 is 10.9 Å². The molecular weight excluding hydrogens is 186 g/mol. The van der Waals surface area contributed by atoms with Crippen LogP contribution in [-0.2, 0) is 5.60 Å². The van der Waals surface area contributed by atoms with Crippen LogP contribution in [-0.4, -0.2) is 10.1 Å². The summed E-state index contributed by atoms with van der Waals surface area (Å²) in [6, 6.07) is 6.08. The topological polar surface area (TPSA) is 36.0 Å². The van der Waals surface area contributed by atoms with Crippen molar-refractivity contribution in [2.24, 2.45) is 0 Å². The van der Waals surface area contributed by atoms with Gasteiger partial charge in [0.2, 0.25) is 0 Å². The third kappa shape index (κ3) is 1.65. The maximum absolute atomic E-state index is 9.91. The van der Waals surface area contributed by atoms with E-state index < -0.39 is 5.60 Å². The van der Waals surface area contributed by atoms with E-state index in [0.29, 0.717) is 0 Å². The molecule has 0 bridgehead atoms. The molecule has 0 aliphatic rings. The van der Waals surface area contributed by atoms with Crippen molar-refractivity contribution in [1.82, 2.24) is 4.98 Å². The van der Waals surface area contributed by atoms with E-state index in [1.165, 1.54) is 16.6 Å². The Morgan fingerprint density at radius 3 is 2.47 bits per heavy atom. The van der Waals surface area contributed by atoms with Crippen LogP contribution in [0, 0.1) is 13.8 Å². The lowest BCUT2D eigenvalue weighted by molar-refractivity contribution is 0.0787. The normalized spacial score (nSPS) is 12.3. The molecule has 80 valence electrons. The van der Waals surface area contributed by atoms with Crippen LogP contribution in [0.3, 0.4) is 0 Å². The average Bonchev–Trinajstić information content (AvgIpc) is 2.41. The highest BCUT2D eigenvalue weighted by atomic mass is 16.3. The molecule has 2 heteroatoms. The van der Waals surface area contributed by atoms with E-state index >= 15 is 0 Å². The highest BCUT2D eigenvalue weighted by molar-refractivity contribution is 5.85. The van der Waals surface area contributed by atoms with Gasteiger partial charge in [-0.1, -0.05) is 12.1 Å². The highest BCUT2D eigenvalue weighted by Crippen LogP contribution is 2.26. The molecular formula is C13H17NO. The first-order valence-electron chi connectivity index (χ1n) is 5.21. The second-order valence-corrected chi connectivity index (χ2v) is 4.69. The molecule has 1 heterocycles. The number of aromatic nitrogens is 1. The molecule has 2 rings (SSSR count). The van der Waals surface area contributed by atoms with E-state index in [4.69, 9.17) is 0 Å². The summed E-state index contributed by atoms with van der Waals surface area (Å²) in [5.74, 6) is 0. The Morgan fingerprint density at radius 1 is 1.20 bits per heavy atom. The lowest BCUT2D eigenvalue weighted by Gasteiger charge is -2.17. The van der Waals surface area contributed by atoms with Crippen molar-refractivity contribution in [2.75, 3.05) is 0 Å². The van der Waals surface area contributed by atoms with E-state index in [-0.39, 0.29) is 0 Å². The summed E-state index contributed by atoms with van der Waals surface area (Å²) in [4.78, 5) is 3.33. The summed E-state index contributed by atoms with van der Waals surface area (Å²) in [5.41, 5.74) is 3.74. The molecule has 2 aromatic rings. The number of benzene rings is 1. The molecule has 0 spiro atoms. The van der Waals surface area contributed by atoms with E-state index in [1.54, 1.807) is 13.8 Å². The largest absolute Gasteiger partial charge is 0.386 e. The van der Waals surface area contributed by atoms with Crippen molar-refractivity contribution in [1.29, 1.82) is 0 Å². The molecule has 1 aromatic carbocycles. The summed E-state index contributed by atoms with van der Waals surface area (Å²) in [5, 5.41) is 11.1. The van der Waals surface area contributed by atoms with Crippen LogP contribution in [0.5, 0.6) is 0 Å². The molecule has 0 fully saturated rings. The quantitative estimate of drug-likeness (QED) is 0.734. The average molecular weight is 203 g/mol. The van der Waals surface area contributed by atoms with Crippen molar-refractivity contribution < 1.29 is 5.11 Å². The fourth-order valence-corrected chi connectivity index (χ4v) is 1.85. The number of nitrogens with one attached hydrogen (secondary N) is 1. The molecule has 0 aliphatic heterocycles. The van der Waals surface area contributed by atoms with Crippen LogP contribution in [0.15, 0.2) is 18.2 Å². The smallest absolute Gasteiger partial charge is 0.0841 e. The van der Waals surface area contributed by atoms with Crippen molar-refractivity contribution in [3.8, 4) is 0 Å². The standard InChI is InChI=1S/C13H17NO/c1-8-9(2)14-12-7-10(13(3,4)15)5-6-11(8)12/h5-7,14-15H,1-4H3. The summed E-state index contributed by atoms with van der Waals surface area (Å²) < 4.78 is 0. The van der Waals surface area contributed by atoms with Gasteiger partial charge in [-0.2, -0.15) is 0 Å². The minimum atomic E-state index is -0.777.